The summed E-state index contributed by atoms with van der Waals surface area (Å²) < 4.78 is 31.3. The van der Waals surface area contributed by atoms with Crippen LogP contribution in [0.4, 0.5) is 0 Å². The maximum atomic E-state index is 12.2. The Hall–Kier alpha value is -2.52. The Labute approximate surface area is 126 Å². The Morgan fingerprint density at radius 1 is 1.27 bits per heavy atom. The van der Waals surface area contributed by atoms with E-state index in [4.69, 9.17) is 0 Å². The topological polar surface area (TPSA) is 112 Å². The number of aromatic nitrogens is 3. The van der Waals surface area contributed by atoms with Gasteiger partial charge in [0, 0.05) is 36.1 Å². The first-order valence-electron chi connectivity index (χ1n) is 6.45. The summed E-state index contributed by atoms with van der Waals surface area (Å²) in [7, 11) is -3.72. The van der Waals surface area contributed by atoms with Gasteiger partial charge in [-0.15, -0.1) is 0 Å². The third-order valence-corrected chi connectivity index (χ3v) is 4.53. The fourth-order valence-electron chi connectivity index (χ4n) is 1.96. The Balaban J connectivity index is 1.75. The molecular weight excluding hydrogens is 308 g/mol. The van der Waals surface area contributed by atoms with E-state index in [1.807, 2.05) is 12.1 Å². The summed E-state index contributed by atoms with van der Waals surface area (Å²) in [5.41, 5.74) is 1.15. The number of hydrogen-bond donors (Lipinski definition) is 1. The summed E-state index contributed by atoms with van der Waals surface area (Å²) in [4.78, 5) is 4.27. The average molecular weight is 320 g/mol. The Kier molecular flexibility index (Phi) is 3.73. The molecule has 2 aromatic heterocycles. The lowest BCUT2D eigenvalue weighted by atomic mass is 10.3. The quantitative estimate of drug-likeness (QED) is 0.680. The second-order valence-corrected chi connectivity index (χ2v) is 6.32. The monoisotopic (exact) mass is 320 g/mol. The highest BCUT2D eigenvalue weighted by atomic mass is 32.2. The van der Waals surface area contributed by atoms with Crippen molar-refractivity contribution in [2.75, 3.05) is 6.54 Å². The number of nitrogens with one attached hydrogen (secondary N) is 1. The molecule has 0 aliphatic heterocycles. The zero-order valence-corrected chi connectivity index (χ0v) is 12.2. The van der Waals surface area contributed by atoms with Crippen molar-refractivity contribution in [3.63, 3.8) is 0 Å². The summed E-state index contributed by atoms with van der Waals surface area (Å²) in [6, 6.07) is 9.46. The van der Waals surface area contributed by atoms with E-state index in [0.29, 0.717) is 11.9 Å². The van der Waals surface area contributed by atoms with E-state index in [0.717, 1.165) is 5.69 Å². The van der Waals surface area contributed by atoms with Crippen LogP contribution in [-0.4, -0.2) is 25.1 Å². The zero-order chi connectivity index (χ0) is 15.6. The molecule has 0 spiro atoms. The maximum absolute atomic E-state index is 12.2. The number of hydrogen-bond acceptors (Lipinski definition) is 6. The fraction of sp³-hybridized carbons (Fsp3) is 0.154. The second kappa shape index (κ2) is 5.70. The lowest BCUT2D eigenvalue weighted by Gasteiger charge is -2.06. The molecule has 0 amide bonds. The number of nitrogens with zero attached hydrogens (tertiary/aromatic N) is 3. The number of pyridine rings is 1. The minimum Gasteiger partial charge on any atom is -0.359 e. The number of benzene rings is 1. The van der Waals surface area contributed by atoms with Gasteiger partial charge in [0.15, 0.2) is 0 Å². The molecule has 0 fully saturated rings. The predicted octanol–water partition coefficient (Wildman–Crippen LogP) is 0.377. The van der Waals surface area contributed by atoms with Crippen LogP contribution in [0, 0.1) is 5.21 Å². The van der Waals surface area contributed by atoms with Crippen molar-refractivity contribution in [2.45, 2.75) is 11.3 Å². The predicted molar refractivity (Wildman–Crippen MR) is 76.1 cm³/mol. The average Bonchev–Trinajstić information content (AvgIpc) is 2.89. The Morgan fingerprint density at radius 2 is 2.14 bits per heavy atom. The van der Waals surface area contributed by atoms with Crippen LogP contribution in [0.15, 0.2) is 52.1 Å². The molecule has 8 nitrogen and oxygen atoms in total. The summed E-state index contributed by atoms with van der Waals surface area (Å²) in [6.07, 6.45) is 2.12. The van der Waals surface area contributed by atoms with Gasteiger partial charge in [-0.1, -0.05) is 6.07 Å². The van der Waals surface area contributed by atoms with Gasteiger partial charge >= 0.3 is 0 Å². The van der Waals surface area contributed by atoms with Gasteiger partial charge in [0.25, 0.3) is 0 Å². The molecule has 9 heteroatoms. The van der Waals surface area contributed by atoms with Crippen molar-refractivity contribution in [3.05, 3.63) is 53.5 Å². The number of fused-ring (bicyclic) bond motifs is 1. The molecule has 0 radical (unpaired) electrons. The Bertz CT molecular complexity index is 893. The molecule has 2 heterocycles. The van der Waals surface area contributed by atoms with E-state index in [9.17, 15) is 13.6 Å². The van der Waals surface area contributed by atoms with Crippen LogP contribution in [0.1, 0.15) is 5.69 Å². The van der Waals surface area contributed by atoms with Crippen molar-refractivity contribution in [1.82, 2.24) is 14.9 Å². The molecule has 0 saturated carbocycles. The molecule has 1 N–H and O–H groups in total. The van der Waals surface area contributed by atoms with Crippen LogP contribution < -0.4 is 9.63 Å². The van der Waals surface area contributed by atoms with E-state index >= 15 is 0 Å². The summed E-state index contributed by atoms with van der Waals surface area (Å²) in [5, 5.41) is 14.8. The first kappa shape index (κ1) is 14.4. The SMILES string of the molecule is O=S(=O)(NCCc1ccccn1)c1ccc2no[n+]([O-])c2c1. The number of rotatable bonds is 5. The summed E-state index contributed by atoms with van der Waals surface area (Å²) >= 11 is 0. The molecule has 22 heavy (non-hydrogen) atoms. The van der Waals surface area contributed by atoms with Gasteiger partial charge in [0.05, 0.1) is 4.90 Å². The third-order valence-electron chi connectivity index (χ3n) is 3.07. The van der Waals surface area contributed by atoms with Crippen LogP contribution in [0.25, 0.3) is 11.0 Å². The third kappa shape index (κ3) is 2.90. The maximum Gasteiger partial charge on any atom is 0.248 e. The Morgan fingerprint density at radius 3 is 2.91 bits per heavy atom. The molecule has 0 atom stereocenters. The van der Waals surface area contributed by atoms with Crippen molar-refractivity contribution < 1.29 is 17.9 Å². The molecule has 1 aromatic carbocycles. The van der Waals surface area contributed by atoms with Crippen molar-refractivity contribution in [3.8, 4) is 0 Å². The van der Waals surface area contributed by atoms with E-state index in [2.05, 4.69) is 19.5 Å². The van der Waals surface area contributed by atoms with Crippen LogP contribution in [0.5, 0.6) is 0 Å². The lowest BCUT2D eigenvalue weighted by molar-refractivity contribution is -0.782. The lowest BCUT2D eigenvalue weighted by Crippen LogP contribution is -2.27. The smallest absolute Gasteiger partial charge is 0.248 e. The van der Waals surface area contributed by atoms with Crippen molar-refractivity contribution >= 4 is 21.1 Å². The van der Waals surface area contributed by atoms with E-state index in [-0.39, 0.29) is 21.9 Å². The van der Waals surface area contributed by atoms with Crippen molar-refractivity contribution in [1.29, 1.82) is 0 Å². The molecule has 0 bridgehead atoms. The normalized spacial score (nSPS) is 11.8. The standard InChI is InChI=1S/C13H12N4O4S/c18-17-13-9-11(4-5-12(13)16-21-17)22(19,20)15-8-6-10-3-1-2-7-14-10/h1-5,7,9,15H,6,8H2. The van der Waals surface area contributed by atoms with Crippen LogP contribution in [0.2, 0.25) is 0 Å². The summed E-state index contributed by atoms with van der Waals surface area (Å²) in [5.74, 6) is 0. The highest BCUT2D eigenvalue weighted by Gasteiger charge is 2.18. The molecule has 3 rings (SSSR count). The zero-order valence-electron chi connectivity index (χ0n) is 11.3. The first-order valence-corrected chi connectivity index (χ1v) is 7.94. The highest BCUT2D eigenvalue weighted by Crippen LogP contribution is 2.14. The van der Waals surface area contributed by atoms with Crippen molar-refractivity contribution in [2.24, 2.45) is 0 Å². The fourth-order valence-corrected chi connectivity index (χ4v) is 3.01. The summed E-state index contributed by atoms with van der Waals surface area (Å²) in [6.45, 7) is 0.207. The largest absolute Gasteiger partial charge is 0.359 e. The number of sulfonamides is 1. The molecule has 0 saturated heterocycles. The van der Waals surface area contributed by atoms with Gasteiger partial charge in [-0.05, 0) is 29.2 Å². The van der Waals surface area contributed by atoms with E-state index < -0.39 is 10.0 Å². The van der Waals surface area contributed by atoms with E-state index in [1.165, 1.54) is 18.2 Å². The molecule has 3 aromatic rings. The van der Waals surface area contributed by atoms with E-state index in [1.54, 1.807) is 12.3 Å². The molecule has 0 aliphatic carbocycles. The van der Waals surface area contributed by atoms with Crippen LogP contribution in [0.3, 0.4) is 0 Å². The van der Waals surface area contributed by atoms with Gasteiger partial charge < -0.3 is 5.21 Å². The molecule has 114 valence electrons. The van der Waals surface area contributed by atoms with Crippen LogP contribution in [-0.2, 0) is 16.4 Å². The highest BCUT2D eigenvalue weighted by molar-refractivity contribution is 7.89. The minimum atomic E-state index is -3.72. The molecular formula is C13H12N4O4S. The minimum absolute atomic E-state index is 0.0196. The van der Waals surface area contributed by atoms with Gasteiger partial charge in [-0.3, -0.25) is 9.61 Å². The van der Waals surface area contributed by atoms with Gasteiger partial charge in [-0.25, -0.2) is 13.1 Å². The first-order chi connectivity index (χ1) is 10.6. The second-order valence-electron chi connectivity index (χ2n) is 4.55. The molecule has 0 aliphatic rings. The van der Waals surface area contributed by atoms with Crippen LogP contribution >= 0.6 is 0 Å². The van der Waals surface area contributed by atoms with Gasteiger partial charge in [0.1, 0.15) is 0 Å². The molecule has 0 unspecified atom stereocenters. The van der Waals surface area contributed by atoms with Gasteiger partial charge in [0.2, 0.25) is 21.1 Å². The van der Waals surface area contributed by atoms with Gasteiger partial charge in [-0.2, -0.15) is 0 Å².